The molecule has 3 rings (SSSR count). The van der Waals surface area contributed by atoms with Gasteiger partial charge in [0.15, 0.2) is 4.67 Å². The molecule has 2 aliphatic rings. The van der Waals surface area contributed by atoms with Crippen molar-refractivity contribution in [3.63, 3.8) is 0 Å². The summed E-state index contributed by atoms with van der Waals surface area (Å²) >= 11 is 3.31. The molecule has 70 valence electrons. The van der Waals surface area contributed by atoms with E-state index in [2.05, 4.69) is 20.8 Å². The molecule has 0 amide bonds. The van der Waals surface area contributed by atoms with Gasteiger partial charge < -0.3 is 4.42 Å². The predicted octanol–water partition coefficient (Wildman–Crippen LogP) is 2.64. The molecule has 0 N–H and O–H groups in total. The topological polar surface area (TPSA) is 16.4 Å². The highest BCUT2D eigenvalue weighted by Gasteiger charge is 2.51. The Hall–Kier alpha value is -0.280. The average Bonchev–Trinajstić information content (AvgIpc) is 2.70. The molecular formula is C10H12BrNO. The molecule has 13 heavy (non-hydrogen) atoms. The normalized spacial score (nSPS) is 24.7. The number of nitrogens with zero attached hydrogens (tertiary/aromatic N) is 1. The highest BCUT2D eigenvalue weighted by atomic mass is 79.9. The van der Waals surface area contributed by atoms with Gasteiger partial charge in [-0.05, 0) is 46.3 Å². The lowest BCUT2D eigenvalue weighted by molar-refractivity contribution is 0.0665. The fourth-order valence-electron chi connectivity index (χ4n) is 2.16. The van der Waals surface area contributed by atoms with Gasteiger partial charge in [0, 0.05) is 13.1 Å². The van der Waals surface area contributed by atoms with E-state index in [9.17, 15) is 0 Å². The van der Waals surface area contributed by atoms with E-state index in [0.29, 0.717) is 0 Å². The summed E-state index contributed by atoms with van der Waals surface area (Å²) in [7, 11) is 0. The van der Waals surface area contributed by atoms with Crippen LogP contribution < -0.4 is 0 Å². The molecule has 0 bridgehead atoms. The fourth-order valence-corrected chi connectivity index (χ4v) is 2.50. The molecule has 1 aromatic heterocycles. The van der Waals surface area contributed by atoms with Crippen LogP contribution in [0.5, 0.6) is 0 Å². The van der Waals surface area contributed by atoms with Gasteiger partial charge in [-0.2, -0.15) is 0 Å². The third-order valence-corrected chi connectivity index (χ3v) is 3.51. The van der Waals surface area contributed by atoms with Crippen LogP contribution in [0.15, 0.2) is 21.2 Å². The molecule has 1 saturated heterocycles. The largest absolute Gasteiger partial charge is 0.453 e. The Morgan fingerprint density at radius 1 is 1.38 bits per heavy atom. The first-order chi connectivity index (χ1) is 6.26. The Balaban J connectivity index is 1.58. The number of hydrogen-bond acceptors (Lipinski definition) is 2. The highest BCUT2D eigenvalue weighted by molar-refractivity contribution is 9.10. The van der Waals surface area contributed by atoms with Crippen molar-refractivity contribution >= 4 is 15.9 Å². The maximum atomic E-state index is 5.45. The van der Waals surface area contributed by atoms with Gasteiger partial charge in [0.25, 0.3) is 0 Å². The van der Waals surface area contributed by atoms with E-state index in [1.54, 1.807) is 0 Å². The lowest BCUT2D eigenvalue weighted by Gasteiger charge is -2.39. The molecule has 0 atom stereocenters. The van der Waals surface area contributed by atoms with Crippen LogP contribution in [-0.4, -0.2) is 18.0 Å². The number of hydrogen-bond donors (Lipinski definition) is 0. The van der Waals surface area contributed by atoms with Gasteiger partial charge in [-0.1, -0.05) is 0 Å². The SMILES string of the molecule is Brc1ccc(CN2CC3(CC3)C2)o1. The third kappa shape index (κ3) is 1.44. The lowest BCUT2D eigenvalue weighted by atomic mass is 9.97. The van der Waals surface area contributed by atoms with E-state index in [1.807, 2.05) is 12.1 Å². The van der Waals surface area contributed by atoms with Gasteiger partial charge in [-0.15, -0.1) is 0 Å². The van der Waals surface area contributed by atoms with Crippen LogP contribution in [0.25, 0.3) is 0 Å². The highest BCUT2D eigenvalue weighted by Crippen LogP contribution is 2.53. The van der Waals surface area contributed by atoms with Crippen molar-refractivity contribution in [3.05, 3.63) is 22.6 Å². The fraction of sp³-hybridized carbons (Fsp3) is 0.600. The van der Waals surface area contributed by atoms with E-state index >= 15 is 0 Å². The molecule has 1 spiro atoms. The van der Waals surface area contributed by atoms with Gasteiger partial charge in [0.1, 0.15) is 5.76 Å². The van der Waals surface area contributed by atoms with E-state index < -0.39 is 0 Å². The molecule has 2 nitrogen and oxygen atoms in total. The molecule has 1 aromatic rings. The summed E-state index contributed by atoms with van der Waals surface area (Å²) in [6.45, 7) is 3.55. The molecule has 1 saturated carbocycles. The number of rotatable bonds is 2. The Kier molecular flexibility index (Phi) is 1.62. The summed E-state index contributed by atoms with van der Waals surface area (Å²) in [6, 6.07) is 4.00. The Bertz CT molecular complexity index is 321. The van der Waals surface area contributed by atoms with Crippen molar-refractivity contribution in [1.29, 1.82) is 0 Å². The quantitative estimate of drug-likeness (QED) is 0.792. The minimum Gasteiger partial charge on any atom is -0.453 e. The van der Waals surface area contributed by atoms with Crippen LogP contribution in [0.1, 0.15) is 18.6 Å². The first kappa shape index (κ1) is 8.06. The van der Waals surface area contributed by atoms with Crippen LogP contribution in [0.4, 0.5) is 0 Å². The van der Waals surface area contributed by atoms with Gasteiger partial charge in [0.2, 0.25) is 0 Å². The van der Waals surface area contributed by atoms with Gasteiger partial charge in [-0.25, -0.2) is 0 Å². The molecule has 2 fully saturated rings. The van der Waals surface area contributed by atoms with Crippen LogP contribution in [0.3, 0.4) is 0 Å². The maximum Gasteiger partial charge on any atom is 0.169 e. The molecule has 1 aliphatic carbocycles. The van der Waals surface area contributed by atoms with Gasteiger partial charge in [0.05, 0.1) is 6.54 Å². The summed E-state index contributed by atoms with van der Waals surface area (Å²) in [6.07, 6.45) is 2.90. The van der Waals surface area contributed by atoms with Gasteiger partial charge in [-0.3, -0.25) is 4.90 Å². The molecular weight excluding hydrogens is 230 g/mol. The van der Waals surface area contributed by atoms with Crippen LogP contribution in [-0.2, 0) is 6.54 Å². The second kappa shape index (κ2) is 2.61. The van der Waals surface area contributed by atoms with Crippen molar-refractivity contribution in [1.82, 2.24) is 4.90 Å². The van der Waals surface area contributed by atoms with Crippen LogP contribution in [0.2, 0.25) is 0 Å². The smallest absolute Gasteiger partial charge is 0.169 e. The maximum absolute atomic E-state index is 5.45. The molecule has 0 aromatic carbocycles. The predicted molar refractivity (Wildman–Crippen MR) is 53.4 cm³/mol. The summed E-state index contributed by atoms with van der Waals surface area (Å²) in [5, 5.41) is 0. The Labute approximate surface area is 86.0 Å². The van der Waals surface area contributed by atoms with Crippen molar-refractivity contribution in [2.24, 2.45) is 5.41 Å². The first-order valence-corrected chi connectivity index (χ1v) is 5.52. The zero-order chi connectivity index (χ0) is 8.89. The van der Waals surface area contributed by atoms with Crippen molar-refractivity contribution in [3.8, 4) is 0 Å². The Morgan fingerprint density at radius 2 is 2.15 bits per heavy atom. The Morgan fingerprint density at radius 3 is 2.69 bits per heavy atom. The zero-order valence-corrected chi connectivity index (χ0v) is 9.01. The number of furan rings is 1. The summed E-state index contributed by atoms with van der Waals surface area (Å²) in [5.74, 6) is 1.07. The molecule has 2 heterocycles. The standard InChI is InChI=1S/C10H12BrNO/c11-9-2-1-8(13-9)5-12-6-10(7-12)3-4-10/h1-2H,3-7H2. The second-order valence-electron chi connectivity index (χ2n) is 4.35. The number of likely N-dealkylation sites (tertiary alicyclic amines) is 1. The first-order valence-electron chi connectivity index (χ1n) is 4.72. The third-order valence-electron chi connectivity index (χ3n) is 3.08. The average molecular weight is 242 g/mol. The minimum atomic E-state index is 0.754. The second-order valence-corrected chi connectivity index (χ2v) is 5.13. The van der Waals surface area contributed by atoms with Crippen LogP contribution >= 0.6 is 15.9 Å². The van der Waals surface area contributed by atoms with E-state index in [-0.39, 0.29) is 0 Å². The van der Waals surface area contributed by atoms with Crippen molar-refractivity contribution in [2.45, 2.75) is 19.4 Å². The van der Waals surface area contributed by atoms with E-state index in [1.165, 1.54) is 25.9 Å². The van der Waals surface area contributed by atoms with Crippen molar-refractivity contribution in [2.75, 3.05) is 13.1 Å². The van der Waals surface area contributed by atoms with Gasteiger partial charge >= 0.3 is 0 Å². The molecule has 0 unspecified atom stereocenters. The lowest BCUT2D eigenvalue weighted by Crippen LogP contribution is -2.47. The molecule has 3 heteroatoms. The van der Waals surface area contributed by atoms with Crippen LogP contribution in [0, 0.1) is 5.41 Å². The molecule has 1 aliphatic heterocycles. The van der Waals surface area contributed by atoms with E-state index in [4.69, 9.17) is 4.42 Å². The minimum absolute atomic E-state index is 0.754. The summed E-state index contributed by atoms with van der Waals surface area (Å²) < 4.78 is 6.29. The summed E-state index contributed by atoms with van der Waals surface area (Å²) in [4.78, 5) is 2.46. The monoisotopic (exact) mass is 241 g/mol. The van der Waals surface area contributed by atoms with E-state index in [0.717, 1.165) is 22.4 Å². The molecule has 0 radical (unpaired) electrons. The zero-order valence-electron chi connectivity index (χ0n) is 7.42. The van der Waals surface area contributed by atoms with Crippen molar-refractivity contribution < 1.29 is 4.42 Å². The number of halogens is 1. The summed E-state index contributed by atoms with van der Waals surface area (Å²) in [5.41, 5.74) is 0.754.